The van der Waals surface area contributed by atoms with E-state index in [2.05, 4.69) is 15.2 Å². The van der Waals surface area contributed by atoms with Crippen LogP contribution in [-0.4, -0.2) is 48.1 Å². The van der Waals surface area contributed by atoms with Crippen molar-refractivity contribution in [2.75, 3.05) is 31.6 Å². The van der Waals surface area contributed by atoms with E-state index >= 15 is 0 Å². The van der Waals surface area contributed by atoms with Gasteiger partial charge in [0.1, 0.15) is 11.9 Å². The first-order valence-corrected chi connectivity index (χ1v) is 6.88. The molecule has 0 saturated carbocycles. The van der Waals surface area contributed by atoms with Crippen molar-refractivity contribution in [1.82, 2.24) is 9.88 Å². The average Bonchev–Trinajstić information content (AvgIpc) is 3.06. The minimum atomic E-state index is -0.0432. The Morgan fingerprint density at radius 3 is 3.11 bits per heavy atom. The molecular formula is C14H19N3O2. The molecule has 2 aliphatic heterocycles. The van der Waals surface area contributed by atoms with Crippen molar-refractivity contribution >= 4 is 11.8 Å². The highest BCUT2D eigenvalue weighted by atomic mass is 16.5. The van der Waals surface area contributed by atoms with E-state index in [0.29, 0.717) is 12.5 Å². The third-order valence-electron chi connectivity index (χ3n) is 3.90. The Hall–Kier alpha value is -1.62. The van der Waals surface area contributed by atoms with Gasteiger partial charge in [-0.3, -0.25) is 9.69 Å². The highest BCUT2D eigenvalue weighted by Gasteiger charge is 2.36. The molecular weight excluding hydrogens is 242 g/mol. The number of aromatic nitrogens is 1. The van der Waals surface area contributed by atoms with Crippen molar-refractivity contribution in [2.24, 2.45) is 5.92 Å². The SMILES string of the molecule is O=C1OCCC1N1CCC(CNc2ccccn2)C1. The predicted molar refractivity (Wildman–Crippen MR) is 71.8 cm³/mol. The van der Waals surface area contributed by atoms with E-state index in [-0.39, 0.29) is 12.0 Å². The van der Waals surface area contributed by atoms with Crippen molar-refractivity contribution in [3.63, 3.8) is 0 Å². The van der Waals surface area contributed by atoms with Crippen LogP contribution in [0.2, 0.25) is 0 Å². The predicted octanol–water partition coefficient (Wildman–Crippen LogP) is 1.13. The number of esters is 1. The number of nitrogens with one attached hydrogen (secondary N) is 1. The monoisotopic (exact) mass is 261 g/mol. The maximum atomic E-state index is 11.6. The molecule has 3 rings (SSSR count). The van der Waals surface area contributed by atoms with Gasteiger partial charge in [-0.1, -0.05) is 6.07 Å². The first-order chi connectivity index (χ1) is 9.33. The lowest BCUT2D eigenvalue weighted by atomic mass is 10.1. The number of ether oxygens (including phenoxy) is 1. The van der Waals surface area contributed by atoms with Crippen LogP contribution in [0.25, 0.3) is 0 Å². The second kappa shape index (κ2) is 5.57. The fraction of sp³-hybridized carbons (Fsp3) is 0.571. The molecule has 0 aromatic carbocycles. The molecule has 2 unspecified atom stereocenters. The number of anilines is 1. The van der Waals surface area contributed by atoms with E-state index in [4.69, 9.17) is 4.74 Å². The molecule has 5 nitrogen and oxygen atoms in total. The van der Waals surface area contributed by atoms with E-state index < -0.39 is 0 Å². The van der Waals surface area contributed by atoms with Crippen LogP contribution in [0.3, 0.4) is 0 Å². The number of hydrogen-bond donors (Lipinski definition) is 1. The molecule has 1 N–H and O–H groups in total. The number of rotatable bonds is 4. The first kappa shape index (κ1) is 12.4. The lowest BCUT2D eigenvalue weighted by molar-refractivity contribution is -0.142. The van der Waals surface area contributed by atoms with Gasteiger partial charge in [-0.25, -0.2) is 4.98 Å². The minimum Gasteiger partial charge on any atom is -0.464 e. The van der Waals surface area contributed by atoms with Crippen molar-refractivity contribution in [2.45, 2.75) is 18.9 Å². The lowest BCUT2D eigenvalue weighted by Gasteiger charge is -2.20. The molecule has 0 amide bonds. The van der Waals surface area contributed by atoms with Crippen LogP contribution >= 0.6 is 0 Å². The molecule has 2 aliphatic rings. The molecule has 1 aromatic rings. The van der Waals surface area contributed by atoms with E-state index in [1.165, 1.54) is 0 Å². The van der Waals surface area contributed by atoms with Gasteiger partial charge in [-0.05, 0) is 31.0 Å². The summed E-state index contributed by atoms with van der Waals surface area (Å²) in [5.41, 5.74) is 0. The van der Waals surface area contributed by atoms with Crippen LogP contribution in [0.4, 0.5) is 5.82 Å². The van der Waals surface area contributed by atoms with Crippen LogP contribution in [-0.2, 0) is 9.53 Å². The highest BCUT2D eigenvalue weighted by Crippen LogP contribution is 2.23. The molecule has 2 saturated heterocycles. The van der Waals surface area contributed by atoms with Gasteiger partial charge in [0.2, 0.25) is 0 Å². The number of likely N-dealkylation sites (tertiary alicyclic amines) is 1. The van der Waals surface area contributed by atoms with Crippen LogP contribution in [0, 0.1) is 5.92 Å². The van der Waals surface area contributed by atoms with Crippen LogP contribution in [0.1, 0.15) is 12.8 Å². The molecule has 2 fully saturated rings. The Morgan fingerprint density at radius 1 is 1.42 bits per heavy atom. The van der Waals surface area contributed by atoms with E-state index in [1.54, 1.807) is 6.20 Å². The number of cyclic esters (lactones) is 1. The quantitative estimate of drug-likeness (QED) is 0.823. The van der Waals surface area contributed by atoms with E-state index in [0.717, 1.165) is 38.3 Å². The van der Waals surface area contributed by atoms with Gasteiger partial charge in [0.05, 0.1) is 6.61 Å². The van der Waals surface area contributed by atoms with Crippen LogP contribution in [0.15, 0.2) is 24.4 Å². The Balaban J connectivity index is 1.48. The van der Waals surface area contributed by atoms with Gasteiger partial charge >= 0.3 is 5.97 Å². The second-order valence-corrected chi connectivity index (χ2v) is 5.22. The average molecular weight is 261 g/mol. The summed E-state index contributed by atoms with van der Waals surface area (Å²) in [6, 6.07) is 5.86. The molecule has 19 heavy (non-hydrogen) atoms. The van der Waals surface area contributed by atoms with Gasteiger partial charge in [-0.15, -0.1) is 0 Å². The molecule has 102 valence electrons. The molecule has 0 radical (unpaired) electrons. The number of carbonyl (C=O) groups excluding carboxylic acids is 1. The molecule has 2 atom stereocenters. The Bertz CT molecular complexity index is 438. The van der Waals surface area contributed by atoms with E-state index in [1.807, 2.05) is 18.2 Å². The standard InChI is InChI=1S/C14H19N3O2/c18-14-12(5-8-19-14)17-7-4-11(10-17)9-16-13-3-1-2-6-15-13/h1-3,6,11-12H,4-5,7-10H2,(H,15,16). The smallest absolute Gasteiger partial charge is 0.323 e. The van der Waals surface area contributed by atoms with Crippen molar-refractivity contribution < 1.29 is 9.53 Å². The molecule has 3 heterocycles. The van der Waals surface area contributed by atoms with Gasteiger partial charge in [-0.2, -0.15) is 0 Å². The largest absolute Gasteiger partial charge is 0.464 e. The van der Waals surface area contributed by atoms with Crippen LogP contribution in [0.5, 0.6) is 0 Å². The number of carbonyl (C=O) groups is 1. The minimum absolute atomic E-state index is 0.000139. The topological polar surface area (TPSA) is 54.5 Å². The van der Waals surface area contributed by atoms with Crippen molar-refractivity contribution in [3.8, 4) is 0 Å². The summed E-state index contributed by atoms with van der Waals surface area (Å²) in [5, 5.41) is 3.35. The fourth-order valence-corrected chi connectivity index (χ4v) is 2.85. The zero-order valence-electron chi connectivity index (χ0n) is 10.9. The first-order valence-electron chi connectivity index (χ1n) is 6.88. The summed E-state index contributed by atoms with van der Waals surface area (Å²) < 4.78 is 5.04. The van der Waals surface area contributed by atoms with Crippen molar-refractivity contribution in [1.29, 1.82) is 0 Å². The Morgan fingerprint density at radius 2 is 2.37 bits per heavy atom. The van der Waals surface area contributed by atoms with Crippen LogP contribution < -0.4 is 5.32 Å². The summed E-state index contributed by atoms with van der Waals surface area (Å²) in [6.07, 6.45) is 3.76. The summed E-state index contributed by atoms with van der Waals surface area (Å²) in [7, 11) is 0. The zero-order valence-corrected chi connectivity index (χ0v) is 10.9. The third-order valence-corrected chi connectivity index (χ3v) is 3.90. The fourth-order valence-electron chi connectivity index (χ4n) is 2.85. The number of pyridine rings is 1. The maximum absolute atomic E-state index is 11.6. The molecule has 5 heteroatoms. The summed E-state index contributed by atoms with van der Waals surface area (Å²) in [6.45, 7) is 3.46. The summed E-state index contributed by atoms with van der Waals surface area (Å²) in [5.74, 6) is 1.45. The maximum Gasteiger partial charge on any atom is 0.323 e. The van der Waals surface area contributed by atoms with Crippen molar-refractivity contribution in [3.05, 3.63) is 24.4 Å². The summed E-state index contributed by atoms with van der Waals surface area (Å²) in [4.78, 5) is 18.1. The van der Waals surface area contributed by atoms with Gasteiger partial charge in [0.15, 0.2) is 0 Å². The third kappa shape index (κ3) is 2.87. The summed E-state index contributed by atoms with van der Waals surface area (Å²) >= 11 is 0. The van der Waals surface area contributed by atoms with E-state index in [9.17, 15) is 4.79 Å². The Labute approximate surface area is 113 Å². The normalized spacial score (nSPS) is 27.5. The lowest BCUT2D eigenvalue weighted by Crippen LogP contribution is -2.37. The second-order valence-electron chi connectivity index (χ2n) is 5.22. The highest BCUT2D eigenvalue weighted by molar-refractivity contribution is 5.77. The number of hydrogen-bond acceptors (Lipinski definition) is 5. The molecule has 1 aromatic heterocycles. The van der Waals surface area contributed by atoms with Gasteiger partial charge in [0.25, 0.3) is 0 Å². The molecule has 0 spiro atoms. The number of nitrogens with zero attached hydrogens (tertiary/aromatic N) is 2. The Kier molecular flexibility index (Phi) is 3.64. The molecule has 0 bridgehead atoms. The molecule has 0 aliphatic carbocycles. The zero-order chi connectivity index (χ0) is 13.1. The van der Waals surface area contributed by atoms with Gasteiger partial charge in [0, 0.05) is 25.7 Å². The van der Waals surface area contributed by atoms with Gasteiger partial charge < -0.3 is 10.1 Å².